The summed E-state index contributed by atoms with van der Waals surface area (Å²) in [5.74, 6) is 0.824. The third-order valence-corrected chi connectivity index (χ3v) is 3.37. The molecule has 0 aliphatic heterocycles. The number of benzene rings is 1. The Hall–Kier alpha value is -1.81. The highest BCUT2D eigenvalue weighted by molar-refractivity contribution is 5.83. The van der Waals surface area contributed by atoms with Crippen molar-refractivity contribution in [2.75, 3.05) is 25.0 Å². The third-order valence-electron chi connectivity index (χ3n) is 3.37. The monoisotopic (exact) mass is 259 g/mol. The van der Waals surface area contributed by atoms with Crippen LogP contribution in [0.25, 0.3) is 10.8 Å². The van der Waals surface area contributed by atoms with Gasteiger partial charge in [-0.3, -0.25) is 4.79 Å². The Balaban J connectivity index is 2.38. The van der Waals surface area contributed by atoms with Crippen molar-refractivity contribution < 1.29 is 0 Å². The Kier molecular flexibility index (Phi) is 3.62. The molecular weight excluding hydrogens is 238 g/mol. The van der Waals surface area contributed by atoms with Crippen LogP contribution in [0.5, 0.6) is 0 Å². The Bertz CT molecular complexity index is 631. The zero-order chi connectivity index (χ0) is 14.0. The summed E-state index contributed by atoms with van der Waals surface area (Å²) in [6.07, 6.45) is 0. The van der Waals surface area contributed by atoms with E-state index in [2.05, 4.69) is 18.8 Å². The molecule has 2 rings (SSSR count). The number of fused-ring (bicyclic) bond motifs is 1. The fourth-order valence-electron chi connectivity index (χ4n) is 2.19. The molecule has 0 amide bonds. The predicted octanol–water partition coefficient (Wildman–Crippen LogP) is 1.95. The molecule has 1 aromatic heterocycles. The summed E-state index contributed by atoms with van der Waals surface area (Å²) < 4.78 is 0. The number of rotatable bonds is 4. The molecule has 0 aliphatic rings. The van der Waals surface area contributed by atoms with Crippen molar-refractivity contribution in [2.24, 2.45) is 11.1 Å². The highest BCUT2D eigenvalue weighted by Gasteiger charge is 2.19. The lowest BCUT2D eigenvalue weighted by Crippen LogP contribution is -2.37. The van der Waals surface area contributed by atoms with Gasteiger partial charge in [-0.2, -0.15) is 0 Å². The predicted molar refractivity (Wildman–Crippen MR) is 80.7 cm³/mol. The van der Waals surface area contributed by atoms with Crippen molar-refractivity contribution in [1.29, 1.82) is 0 Å². The molecule has 3 N–H and O–H groups in total. The molecule has 0 bridgehead atoms. The molecule has 0 spiro atoms. The second kappa shape index (κ2) is 5.05. The van der Waals surface area contributed by atoms with E-state index in [9.17, 15) is 4.79 Å². The number of H-pyrrole nitrogens is 1. The van der Waals surface area contributed by atoms with Crippen LogP contribution in [-0.4, -0.2) is 25.1 Å². The molecule has 19 heavy (non-hydrogen) atoms. The van der Waals surface area contributed by atoms with E-state index < -0.39 is 0 Å². The molecule has 0 atom stereocenters. The minimum absolute atomic E-state index is 0.0112. The van der Waals surface area contributed by atoms with Crippen LogP contribution in [-0.2, 0) is 0 Å². The molecule has 102 valence electrons. The van der Waals surface area contributed by atoms with Crippen LogP contribution in [0.3, 0.4) is 0 Å². The van der Waals surface area contributed by atoms with Gasteiger partial charge in [0, 0.05) is 19.0 Å². The quantitative estimate of drug-likeness (QED) is 0.882. The molecule has 0 fully saturated rings. The maximum atomic E-state index is 12.0. The summed E-state index contributed by atoms with van der Waals surface area (Å²) in [6, 6.07) is 9.61. The molecule has 0 saturated carbocycles. The number of nitrogens with zero attached hydrogens (tertiary/aromatic N) is 1. The molecular formula is C15H21N3O. The number of hydrogen-bond donors (Lipinski definition) is 2. The first-order chi connectivity index (χ1) is 8.93. The van der Waals surface area contributed by atoms with Crippen molar-refractivity contribution in [3.05, 3.63) is 40.7 Å². The van der Waals surface area contributed by atoms with Gasteiger partial charge in [0.1, 0.15) is 5.82 Å². The van der Waals surface area contributed by atoms with E-state index >= 15 is 0 Å². The van der Waals surface area contributed by atoms with Gasteiger partial charge in [0.25, 0.3) is 5.56 Å². The second-order valence-electron chi connectivity index (χ2n) is 5.80. The summed E-state index contributed by atoms with van der Waals surface area (Å²) in [6.45, 7) is 5.62. The normalized spacial score (nSPS) is 11.8. The van der Waals surface area contributed by atoms with E-state index in [1.807, 2.05) is 42.3 Å². The van der Waals surface area contributed by atoms with Gasteiger partial charge in [-0.1, -0.05) is 32.0 Å². The van der Waals surface area contributed by atoms with Gasteiger partial charge in [-0.15, -0.1) is 0 Å². The summed E-state index contributed by atoms with van der Waals surface area (Å²) in [5.41, 5.74) is 5.72. The molecule has 0 saturated heterocycles. The third kappa shape index (κ3) is 2.96. The van der Waals surface area contributed by atoms with Crippen molar-refractivity contribution >= 4 is 16.6 Å². The molecule has 1 heterocycles. The number of nitrogens with one attached hydrogen (secondary N) is 1. The Morgan fingerprint density at radius 1 is 1.32 bits per heavy atom. The lowest BCUT2D eigenvalue weighted by Gasteiger charge is -2.30. The van der Waals surface area contributed by atoms with Crippen molar-refractivity contribution in [3.63, 3.8) is 0 Å². The van der Waals surface area contributed by atoms with Gasteiger partial charge in [0.05, 0.1) is 0 Å². The summed E-state index contributed by atoms with van der Waals surface area (Å²) >= 11 is 0. The Labute approximate surface area is 113 Å². The van der Waals surface area contributed by atoms with Gasteiger partial charge in [-0.05, 0) is 29.5 Å². The number of anilines is 1. The average molecular weight is 259 g/mol. The lowest BCUT2D eigenvalue weighted by molar-refractivity contribution is 0.384. The molecule has 4 heteroatoms. The maximum absolute atomic E-state index is 12.0. The van der Waals surface area contributed by atoms with Gasteiger partial charge >= 0.3 is 0 Å². The van der Waals surface area contributed by atoms with Crippen LogP contribution < -0.4 is 16.2 Å². The summed E-state index contributed by atoms with van der Waals surface area (Å²) in [5, 5.41) is 1.68. The summed E-state index contributed by atoms with van der Waals surface area (Å²) in [7, 11) is 1.97. The number of aromatic amines is 1. The zero-order valence-electron chi connectivity index (χ0n) is 11.7. The largest absolute Gasteiger partial charge is 0.361 e. The van der Waals surface area contributed by atoms with Crippen molar-refractivity contribution in [1.82, 2.24) is 4.98 Å². The number of hydrogen-bond acceptors (Lipinski definition) is 3. The first-order valence-electron chi connectivity index (χ1n) is 6.46. The van der Waals surface area contributed by atoms with Crippen LogP contribution in [0.4, 0.5) is 5.82 Å². The van der Waals surface area contributed by atoms with Gasteiger partial charge in [0.15, 0.2) is 0 Å². The van der Waals surface area contributed by atoms with Crippen LogP contribution >= 0.6 is 0 Å². The SMILES string of the molecule is CN(CC(C)(C)CN)c1cc2ccccc2c(=O)[nH]1. The summed E-state index contributed by atoms with van der Waals surface area (Å²) in [4.78, 5) is 17.0. The van der Waals surface area contributed by atoms with Gasteiger partial charge in [0.2, 0.25) is 0 Å². The molecule has 2 aromatic rings. The standard InChI is InChI=1S/C15H21N3O/c1-15(2,9-16)10-18(3)13-8-11-6-4-5-7-12(11)14(19)17-13/h4-8H,9-10,16H2,1-3H3,(H,17,19). The second-order valence-corrected chi connectivity index (χ2v) is 5.80. The van der Waals surface area contributed by atoms with Crippen LogP contribution in [0.15, 0.2) is 35.1 Å². The average Bonchev–Trinajstić information content (AvgIpc) is 2.38. The van der Waals surface area contributed by atoms with Gasteiger partial charge in [-0.25, -0.2) is 0 Å². The van der Waals surface area contributed by atoms with E-state index in [1.54, 1.807) is 0 Å². The smallest absolute Gasteiger partial charge is 0.257 e. The van der Waals surface area contributed by atoms with Crippen LogP contribution in [0.2, 0.25) is 0 Å². The fraction of sp³-hybridized carbons (Fsp3) is 0.400. The Morgan fingerprint density at radius 2 is 2.00 bits per heavy atom. The number of pyridine rings is 1. The number of aromatic nitrogens is 1. The van der Waals surface area contributed by atoms with Crippen molar-refractivity contribution in [3.8, 4) is 0 Å². The fourth-order valence-corrected chi connectivity index (χ4v) is 2.19. The van der Waals surface area contributed by atoms with Gasteiger partial charge < -0.3 is 15.6 Å². The maximum Gasteiger partial charge on any atom is 0.257 e. The van der Waals surface area contributed by atoms with Crippen LogP contribution in [0, 0.1) is 5.41 Å². The minimum atomic E-state index is -0.0505. The first-order valence-corrected chi connectivity index (χ1v) is 6.46. The topological polar surface area (TPSA) is 62.1 Å². The van der Waals surface area contributed by atoms with E-state index in [0.29, 0.717) is 6.54 Å². The highest BCUT2D eigenvalue weighted by Crippen LogP contribution is 2.20. The lowest BCUT2D eigenvalue weighted by atomic mass is 9.93. The molecule has 0 aliphatic carbocycles. The van der Waals surface area contributed by atoms with E-state index in [-0.39, 0.29) is 11.0 Å². The molecule has 4 nitrogen and oxygen atoms in total. The minimum Gasteiger partial charge on any atom is -0.361 e. The number of nitrogens with two attached hydrogens (primary N) is 1. The van der Waals surface area contributed by atoms with E-state index in [0.717, 1.165) is 23.1 Å². The molecule has 1 aromatic carbocycles. The van der Waals surface area contributed by atoms with Crippen LogP contribution in [0.1, 0.15) is 13.8 Å². The van der Waals surface area contributed by atoms with E-state index in [1.165, 1.54) is 0 Å². The van der Waals surface area contributed by atoms with E-state index in [4.69, 9.17) is 5.73 Å². The first kappa shape index (κ1) is 13.6. The highest BCUT2D eigenvalue weighted by atomic mass is 16.1. The molecule has 0 unspecified atom stereocenters. The Morgan fingerprint density at radius 3 is 2.68 bits per heavy atom. The molecule has 0 radical (unpaired) electrons. The zero-order valence-corrected chi connectivity index (χ0v) is 11.7. The van der Waals surface area contributed by atoms with Crippen molar-refractivity contribution in [2.45, 2.75) is 13.8 Å².